The van der Waals surface area contributed by atoms with Crippen molar-refractivity contribution in [2.45, 2.75) is 26.2 Å². The zero-order valence-corrected chi connectivity index (χ0v) is 9.42. The Balaban J connectivity index is 2.19. The molecule has 15 heavy (non-hydrogen) atoms. The average molecular weight is 204 g/mol. The summed E-state index contributed by atoms with van der Waals surface area (Å²) >= 11 is 0. The second kappa shape index (κ2) is 4.67. The van der Waals surface area contributed by atoms with Crippen LogP contribution in [0.1, 0.15) is 24.0 Å². The summed E-state index contributed by atoms with van der Waals surface area (Å²) in [7, 11) is 0. The van der Waals surface area contributed by atoms with E-state index in [4.69, 9.17) is 5.73 Å². The molecule has 0 bridgehead atoms. The second-order valence-electron chi connectivity index (χ2n) is 4.52. The smallest absolute Gasteiger partial charge is 0.0373 e. The Hall–Kier alpha value is -1.02. The Morgan fingerprint density at radius 3 is 3.13 bits per heavy atom. The number of anilines is 1. The fraction of sp³-hybridized carbons (Fsp3) is 0.538. The summed E-state index contributed by atoms with van der Waals surface area (Å²) in [6, 6.07) is 6.68. The van der Waals surface area contributed by atoms with E-state index in [1.165, 1.54) is 29.7 Å². The maximum absolute atomic E-state index is 5.64. The van der Waals surface area contributed by atoms with Gasteiger partial charge in [0.15, 0.2) is 0 Å². The monoisotopic (exact) mass is 204 g/mol. The summed E-state index contributed by atoms with van der Waals surface area (Å²) in [5.74, 6) is 0.755. The molecule has 0 radical (unpaired) electrons. The third-order valence-electron chi connectivity index (χ3n) is 3.21. The molecule has 0 aromatic heterocycles. The molecular formula is C13H20N2. The van der Waals surface area contributed by atoms with E-state index in [-0.39, 0.29) is 0 Å². The first-order valence-electron chi connectivity index (χ1n) is 5.83. The van der Waals surface area contributed by atoms with Gasteiger partial charge in [-0.25, -0.2) is 0 Å². The van der Waals surface area contributed by atoms with Crippen LogP contribution in [0.4, 0.5) is 5.69 Å². The third-order valence-corrected chi connectivity index (χ3v) is 3.21. The summed E-state index contributed by atoms with van der Waals surface area (Å²) < 4.78 is 0. The molecule has 0 saturated carbocycles. The molecule has 1 atom stereocenters. The Labute approximate surface area is 91.9 Å². The van der Waals surface area contributed by atoms with E-state index in [9.17, 15) is 0 Å². The maximum Gasteiger partial charge on any atom is 0.0373 e. The zero-order chi connectivity index (χ0) is 10.7. The minimum Gasteiger partial charge on any atom is -0.385 e. The van der Waals surface area contributed by atoms with Gasteiger partial charge in [-0.2, -0.15) is 0 Å². The van der Waals surface area contributed by atoms with Gasteiger partial charge < -0.3 is 11.1 Å². The van der Waals surface area contributed by atoms with Crippen LogP contribution in [0.15, 0.2) is 18.2 Å². The molecule has 1 heterocycles. The SMILES string of the molecule is Cc1ccc2c(c1)CC(CCN)CCN2. The molecule has 0 saturated heterocycles. The molecule has 2 nitrogen and oxygen atoms in total. The standard InChI is InChI=1S/C13H20N2/c1-10-2-3-13-12(8-10)9-11(4-6-14)5-7-15-13/h2-3,8,11,15H,4-7,9,14H2,1H3. The van der Waals surface area contributed by atoms with E-state index < -0.39 is 0 Å². The molecule has 3 N–H and O–H groups in total. The lowest BCUT2D eigenvalue weighted by Crippen LogP contribution is -2.12. The van der Waals surface area contributed by atoms with E-state index in [1.54, 1.807) is 0 Å². The number of nitrogens with one attached hydrogen (secondary N) is 1. The van der Waals surface area contributed by atoms with Crippen molar-refractivity contribution in [3.05, 3.63) is 29.3 Å². The highest BCUT2D eigenvalue weighted by Crippen LogP contribution is 2.26. The van der Waals surface area contributed by atoms with E-state index >= 15 is 0 Å². The van der Waals surface area contributed by atoms with Crippen molar-refractivity contribution in [2.24, 2.45) is 11.7 Å². The predicted octanol–water partition coefficient (Wildman–Crippen LogP) is 2.32. The normalized spacial score (nSPS) is 20.3. The van der Waals surface area contributed by atoms with Crippen molar-refractivity contribution in [1.82, 2.24) is 0 Å². The van der Waals surface area contributed by atoms with Crippen molar-refractivity contribution in [2.75, 3.05) is 18.4 Å². The third kappa shape index (κ3) is 2.51. The number of rotatable bonds is 2. The molecule has 2 heteroatoms. The summed E-state index contributed by atoms with van der Waals surface area (Å²) in [6.07, 6.45) is 3.57. The molecule has 0 fully saturated rings. The summed E-state index contributed by atoms with van der Waals surface area (Å²) in [6.45, 7) is 4.05. The zero-order valence-electron chi connectivity index (χ0n) is 9.42. The fourth-order valence-corrected chi connectivity index (χ4v) is 2.37. The van der Waals surface area contributed by atoms with Crippen LogP contribution >= 0.6 is 0 Å². The van der Waals surface area contributed by atoms with Crippen LogP contribution in [-0.2, 0) is 6.42 Å². The number of hydrogen-bond acceptors (Lipinski definition) is 2. The average Bonchev–Trinajstić information content (AvgIpc) is 2.39. The molecule has 1 aromatic carbocycles. The van der Waals surface area contributed by atoms with Crippen molar-refractivity contribution >= 4 is 5.69 Å². The number of aryl methyl sites for hydroxylation is 1. The van der Waals surface area contributed by atoms with Crippen LogP contribution in [-0.4, -0.2) is 13.1 Å². The van der Waals surface area contributed by atoms with E-state index in [2.05, 4.69) is 30.4 Å². The lowest BCUT2D eigenvalue weighted by atomic mass is 9.93. The van der Waals surface area contributed by atoms with Crippen LogP contribution in [0.5, 0.6) is 0 Å². The fourth-order valence-electron chi connectivity index (χ4n) is 2.37. The van der Waals surface area contributed by atoms with E-state index in [0.29, 0.717) is 0 Å². The molecule has 2 rings (SSSR count). The summed E-state index contributed by atoms with van der Waals surface area (Å²) in [5.41, 5.74) is 9.77. The number of benzene rings is 1. The van der Waals surface area contributed by atoms with Gasteiger partial charge in [0.05, 0.1) is 0 Å². The molecular weight excluding hydrogens is 184 g/mol. The summed E-state index contributed by atoms with van der Waals surface area (Å²) in [4.78, 5) is 0. The van der Waals surface area contributed by atoms with Crippen LogP contribution in [0.3, 0.4) is 0 Å². The van der Waals surface area contributed by atoms with Gasteiger partial charge in [-0.3, -0.25) is 0 Å². The van der Waals surface area contributed by atoms with Gasteiger partial charge in [-0.1, -0.05) is 17.7 Å². The first-order valence-corrected chi connectivity index (χ1v) is 5.83. The van der Waals surface area contributed by atoms with Crippen molar-refractivity contribution < 1.29 is 0 Å². The number of nitrogens with two attached hydrogens (primary N) is 1. The largest absolute Gasteiger partial charge is 0.385 e. The number of hydrogen-bond donors (Lipinski definition) is 2. The van der Waals surface area contributed by atoms with Gasteiger partial charge in [-0.15, -0.1) is 0 Å². The van der Waals surface area contributed by atoms with Crippen molar-refractivity contribution in [3.8, 4) is 0 Å². The first kappa shape index (κ1) is 10.5. The predicted molar refractivity (Wildman–Crippen MR) is 65.2 cm³/mol. The van der Waals surface area contributed by atoms with Crippen LogP contribution in [0.2, 0.25) is 0 Å². The molecule has 0 spiro atoms. The van der Waals surface area contributed by atoms with Gasteiger partial charge in [0, 0.05) is 12.2 Å². The van der Waals surface area contributed by atoms with Crippen molar-refractivity contribution in [1.29, 1.82) is 0 Å². The van der Waals surface area contributed by atoms with E-state index in [0.717, 1.165) is 25.4 Å². The van der Waals surface area contributed by atoms with Gasteiger partial charge in [0.25, 0.3) is 0 Å². The van der Waals surface area contributed by atoms with E-state index in [1.807, 2.05) is 0 Å². The minimum atomic E-state index is 0.755. The minimum absolute atomic E-state index is 0.755. The second-order valence-corrected chi connectivity index (χ2v) is 4.52. The molecule has 1 aliphatic heterocycles. The summed E-state index contributed by atoms with van der Waals surface area (Å²) in [5, 5.41) is 3.50. The molecule has 1 aliphatic rings. The van der Waals surface area contributed by atoms with Crippen molar-refractivity contribution in [3.63, 3.8) is 0 Å². The molecule has 0 amide bonds. The Morgan fingerprint density at radius 1 is 1.47 bits per heavy atom. The highest BCUT2D eigenvalue weighted by atomic mass is 14.9. The van der Waals surface area contributed by atoms with Gasteiger partial charge in [0.1, 0.15) is 0 Å². The lowest BCUT2D eigenvalue weighted by molar-refractivity contribution is 0.473. The molecule has 1 aromatic rings. The molecule has 82 valence electrons. The first-order chi connectivity index (χ1) is 7.29. The molecule has 0 aliphatic carbocycles. The molecule has 1 unspecified atom stereocenters. The Bertz CT molecular complexity index is 333. The highest BCUT2D eigenvalue weighted by Gasteiger charge is 2.15. The van der Waals surface area contributed by atoms with Crippen LogP contribution in [0.25, 0.3) is 0 Å². The topological polar surface area (TPSA) is 38.0 Å². The van der Waals surface area contributed by atoms with Crippen LogP contribution < -0.4 is 11.1 Å². The van der Waals surface area contributed by atoms with Gasteiger partial charge in [0.2, 0.25) is 0 Å². The van der Waals surface area contributed by atoms with Gasteiger partial charge in [-0.05, 0) is 50.3 Å². The maximum atomic E-state index is 5.64. The highest BCUT2D eigenvalue weighted by molar-refractivity contribution is 5.53. The Morgan fingerprint density at radius 2 is 2.33 bits per heavy atom. The quantitative estimate of drug-likeness (QED) is 0.776. The van der Waals surface area contributed by atoms with Gasteiger partial charge >= 0.3 is 0 Å². The number of fused-ring (bicyclic) bond motifs is 1. The Kier molecular flexibility index (Phi) is 3.27. The van der Waals surface area contributed by atoms with Crippen LogP contribution in [0, 0.1) is 12.8 Å². The lowest BCUT2D eigenvalue weighted by Gasteiger charge is -2.12.